The number of aryl methyl sites for hydroxylation is 1. The Bertz CT molecular complexity index is 931. The minimum atomic E-state index is -0.375. The maximum absolute atomic E-state index is 11.4. The third kappa shape index (κ3) is 3.19. The van der Waals surface area contributed by atoms with Crippen molar-refractivity contribution in [3.8, 4) is 0 Å². The van der Waals surface area contributed by atoms with Crippen LogP contribution in [0.3, 0.4) is 0 Å². The van der Waals surface area contributed by atoms with Gasteiger partial charge in [-0.25, -0.2) is 4.98 Å². The molecule has 2 heterocycles. The van der Waals surface area contributed by atoms with Gasteiger partial charge in [0.25, 0.3) is 0 Å². The summed E-state index contributed by atoms with van der Waals surface area (Å²) in [6, 6.07) is 11.2. The Morgan fingerprint density at radius 2 is 1.67 bits per heavy atom. The molecule has 140 valence electrons. The Labute approximate surface area is 161 Å². The zero-order valence-electron chi connectivity index (χ0n) is 16.0. The molecule has 1 N–H and O–H groups in total. The van der Waals surface area contributed by atoms with Gasteiger partial charge in [-0.15, -0.1) is 0 Å². The molecule has 0 unspecified atom stereocenters. The van der Waals surface area contributed by atoms with Crippen LogP contribution in [0.5, 0.6) is 0 Å². The van der Waals surface area contributed by atoms with Crippen molar-refractivity contribution in [2.24, 2.45) is 5.92 Å². The second kappa shape index (κ2) is 6.79. The predicted octanol–water partition coefficient (Wildman–Crippen LogP) is 5.53. The van der Waals surface area contributed by atoms with Crippen molar-refractivity contribution < 1.29 is 5.11 Å². The second-order valence-electron chi connectivity index (χ2n) is 8.61. The molecule has 2 saturated carbocycles. The molecule has 1 atom stereocenters. The van der Waals surface area contributed by atoms with Gasteiger partial charge in [-0.1, -0.05) is 29.8 Å². The van der Waals surface area contributed by atoms with Crippen molar-refractivity contribution in [2.75, 3.05) is 0 Å². The van der Waals surface area contributed by atoms with Gasteiger partial charge < -0.3 is 9.51 Å². The highest BCUT2D eigenvalue weighted by molar-refractivity contribution is 5.59. The van der Waals surface area contributed by atoms with E-state index < -0.39 is 0 Å². The second-order valence-corrected chi connectivity index (χ2v) is 8.61. The topological polar surface area (TPSA) is 37.5 Å². The van der Waals surface area contributed by atoms with Crippen LogP contribution in [0.4, 0.5) is 0 Å². The van der Waals surface area contributed by atoms with Gasteiger partial charge in [0.05, 0.1) is 24.1 Å². The molecule has 3 nitrogen and oxygen atoms in total. The first-order valence-electron chi connectivity index (χ1n) is 10.4. The van der Waals surface area contributed by atoms with Crippen LogP contribution in [-0.2, 0) is 0 Å². The number of fused-ring (bicyclic) bond motifs is 1. The van der Waals surface area contributed by atoms with Crippen LogP contribution in [-0.4, -0.2) is 14.5 Å². The average molecular weight is 361 g/mol. The zero-order valence-corrected chi connectivity index (χ0v) is 16.0. The van der Waals surface area contributed by atoms with E-state index in [1.54, 1.807) is 0 Å². The molecule has 0 saturated heterocycles. The van der Waals surface area contributed by atoms with Crippen LogP contribution >= 0.6 is 0 Å². The highest BCUT2D eigenvalue weighted by atomic mass is 16.3. The minimum Gasteiger partial charge on any atom is -0.388 e. The number of benzene rings is 1. The predicted molar refractivity (Wildman–Crippen MR) is 108 cm³/mol. The first-order chi connectivity index (χ1) is 13.2. The highest BCUT2D eigenvalue weighted by Gasteiger charge is 2.34. The summed E-state index contributed by atoms with van der Waals surface area (Å²) in [6.07, 6.45) is 12.5. The zero-order chi connectivity index (χ0) is 18.4. The minimum absolute atomic E-state index is 0.352. The van der Waals surface area contributed by atoms with Crippen LogP contribution in [0.25, 0.3) is 5.52 Å². The fraction of sp³-hybridized carbons (Fsp3) is 0.458. The molecule has 2 aromatic heterocycles. The molecule has 3 heteroatoms. The number of nitrogens with zero attached hydrogens (tertiary/aromatic N) is 2. The Morgan fingerprint density at radius 1 is 0.963 bits per heavy atom. The quantitative estimate of drug-likeness (QED) is 0.664. The summed E-state index contributed by atoms with van der Waals surface area (Å²) in [6.45, 7) is 2.14. The van der Waals surface area contributed by atoms with Crippen molar-refractivity contribution in [1.29, 1.82) is 0 Å². The summed E-state index contributed by atoms with van der Waals surface area (Å²) in [5, 5.41) is 11.4. The SMILES string of the molecule is Cc1ccc([C@H]2CC[C@H]([C@@H](O)c3c(C4CC4)ccn4cncc34)CC2)cc1. The van der Waals surface area contributed by atoms with Gasteiger partial charge in [0.15, 0.2) is 0 Å². The standard InChI is InChI=1S/C24H28N2O/c1-16-2-4-17(5-3-16)18-6-10-20(11-7-18)24(27)23-21(19-8-9-19)12-13-26-15-25-14-22(23)26/h2-5,12-15,18-20,24,27H,6-11H2,1H3/t18-,20-,24-/m1/s1. The molecular formula is C24H28N2O. The van der Waals surface area contributed by atoms with E-state index >= 15 is 0 Å². The Morgan fingerprint density at radius 3 is 2.37 bits per heavy atom. The highest BCUT2D eigenvalue weighted by Crippen LogP contribution is 2.47. The largest absolute Gasteiger partial charge is 0.388 e. The first kappa shape index (κ1) is 17.0. The summed E-state index contributed by atoms with van der Waals surface area (Å²) < 4.78 is 2.06. The molecule has 5 rings (SSSR count). The van der Waals surface area contributed by atoms with Gasteiger partial charge in [-0.2, -0.15) is 0 Å². The van der Waals surface area contributed by atoms with Crippen molar-refractivity contribution >= 4 is 5.52 Å². The number of hydrogen-bond acceptors (Lipinski definition) is 2. The molecule has 0 spiro atoms. The van der Waals surface area contributed by atoms with Crippen LogP contribution in [0.1, 0.15) is 78.7 Å². The summed E-state index contributed by atoms with van der Waals surface area (Å²) in [7, 11) is 0. The van der Waals surface area contributed by atoms with Crippen LogP contribution in [0.2, 0.25) is 0 Å². The summed E-state index contributed by atoms with van der Waals surface area (Å²) in [4.78, 5) is 4.32. The number of aliphatic hydroxyl groups excluding tert-OH is 1. The molecule has 0 amide bonds. The van der Waals surface area contributed by atoms with Gasteiger partial charge >= 0.3 is 0 Å². The molecule has 2 fully saturated rings. The lowest BCUT2D eigenvalue weighted by atomic mass is 9.75. The van der Waals surface area contributed by atoms with E-state index in [0.717, 1.165) is 23.9 Å². The van der Waals surface area contributed by atoms with E-state index in [-0.39, 0.29) is 6.10 Å². The third-order valence-electron chi connectivity index (χ3n) is 6.75. The molecule has 2 aliphatic rings. The lowest BCUT2D eigenvalue weighted by Gasteiger charge is -2.33. The van der Waals surface area contributed by atoms with Gasteiger partial charge in [-0.05, 0) is 80.4 Å². The molecule has 0 bridgehead atoms. The van der Waals surface area contributed by atoms with E-state index in [4.69, 9.17) is 0 Å². The van der Waals surface area contributed by atoms with Crippen molar-refractivity contribution in [3.05, 3.63) is 71.3 Å². The number of aromatic nitrogens is 2. The molecular weight excluding hydrogens is 332 g/mol. The van der Waals surface area contributed by atoms with Crippen LogP contribution in [0, 0.1) is 12.8 Å². The van der Waals surface area contributed by atoms with Gasteiger partial charge in [0, 0.05) is 11.8 Å². The van der Waals surface area contributed by atoms with Crippen molar-refractivity contribution in [2.45, 2.75) is 63.4 Å². The van der Waals surface area contributed by atoms with Crippen LogP contribution < -0.4 is 0 Å². The number of aliphatic hydroxyl groups is 1. The molecule has 2 aliphatic carbocycles. The summed E-state index contributed by atoms with van der Waals surface area (Å²) in [5.41, 5.74) is 6.38. The smallest absolute Gasteiger partial charge is 0.0992 e. The number of rotatable bonds is 4. The normalized spacial score (nSPS) is 24.2. The van der Waals surface area contributed by atoms with Crippen LogP contribution in [0.15, 0.2) is 49.1 Å². The van der Waals surface area contributed by atoms with Gasteiger partial charge in [0.1, 0.15) is 0 Å². The fourth-order valence-electron chi connectivity index (χ4n) is 4.95. The van der Waals surface area contributed by atoms with E-state index in [1.807, 2.05) is 12.5 Å². The lowest BCUT2D eigenvalue weighted by molar-refractivity contribution is 0.0810. The van der Waals surface area contributed by atoms with Gasteiger partial charge in [-0.3, -0.25) is 0 Å². The van der Waals surface area contributed by atoms with Crippen molar-refractivity contribution in [1.82, 2.24) is 9.38 Å². The maximum atomic E-state index is 11.4. The third-order valence-corrected chi connectivity index (χ3v) is 6.75. The lowest BCUT2D eigenvalue weighted by Crippen LogP contribution is -2.21. The van der Waals surface area contributed by atoms with E-state index in [9.17, 15) is 5.11 Å². The Kier molecular flexibility index (Phi) is 4.28. The monoisotopic (exact) mass is 360 g/mol. The Balaban J connectivity index is 1.37. The summed E-state index contributed by atoms with van der Waals surface area (Å²) >= 11 is 0. The number of pyridine rings is 1. The van der Waals surface area contributed by atoms with E-state index in [1.165, 1.54) is 42.4 Å². The molecule has 3 aromatic rings. The molecule has 0 radical (unpaired) electrons. The summed E-state index contributed by atoms with van der Waals surface area (Å²) in [5.74, 6) is 1.63. The van der Waals surface area contributed by atoms with Crippen molar-refractivity contribution in [3.63, 3.8) is 0 Å². The average Bonchev–Trinajstić information content (AvgIpc) is 3.44. The molecule has 1 aromatic carbocycles. The fourth-order valence-corrected chi connectivity index (χ4v) is 4.95. The van der Waals surface area contributed by atoms with Gasteiger partial charge in [0.2, 0.25) is 0 Å². The van der Waals surface area contributed by atoms with E-state index in [2.05, 4.69) is 52.8 Å². The van der Waals surface area contributed by atoms with E-state index in [0.29, 0.717) is 17.8 Å². The molecule has 27 heavy (non-hydrogen) atoms. The molecule has 0 aliphatic heterocycles. The Hall–Kier alpha value is -2.13. The first-order valence-corrected chi connectivity index (χ1v) is 10.4. The maximum Gasteiger partial charge on any atom is 0.0992 e. The number of hydrogen-bond donors (Lipinski definition) is 1. The number of imidazole rings is 1.